The summed E-state index contributed by atoms with van der Waals surface area (Å²) in [6, 6.07) is 0. The first-order valence-electron chi connectivity index (χ1n) is 8.71. The summed E-state index contributed by atoms with van der Waals surface area (Å²) in [6.45, 7) is 2.95. The minimum atomic E-state index is -0.0816. The Labute approximate surface area is 146 Å². The smallest absolute Gasteiger partial charge is 0.235 e. The highest BCUT2D eigenvalue weighted by Gasteiger charge is 2.51. The van der Waals surface area contributed by atoms with Crippen LogP contribution in [0.4, 0.5) is 0 Å². The molecule has 1 aromatic heterocycles. The van der Waals surface area contributed by atoms with E-state index in [1.165, 1.54) is 61.6 Å². The quantitative estimate of drug-likeness (QED) is 0.759. The average molecular weight is 352 g/mol. The standard InChI is InChI=1S/C17H25N3OS2/c1-11(23-16-19-18-10-22-16)15(21)20(2)9-17-6-12-3-13(7-17)5-14(4-12)8-17/h10-14H,3-9H2,1-2H3/t11-,12?,13?,14?,17?/m0/s1. The van der Waals surface area contributed by atoms with Gasteiger partial charge in [-0.25, -0.2) is 0 Å². The molecular formula is C17H25N3OS2. The summed E-state index contributed by atoms with van der Waals surface area (Å²) >= 11 is 3.04. The summed E-state index contributed by atoms with van der Waals surface area (Å²) in [4.78, 5) is 14.8. The van der Waals surface area contributed by atoms with Crippen molar-refractivity contribution in [2.75, 3.05) is 13.6 Å². The van der Waals surface area contributed by atoms with Gasteiger partial charge < -0.3 is 4.90 Å². The first-order valence-corrected chi connectivity index (χ1v) is 10.5. The van der Waals surface area contributed by atoms with Gasteiger partial charge in [0.1, 0.15) is 5.51 Å². The molecule has 4 fully saturated rings. The number of hydrogen-bond acceptors (Lipinski definition) is 5. The third-order valence-corrected chi connectivity index (χ3v) is 7.98. The van der Waals surface area contributed by atoms with Crippen LogP contribution in [0, 0.1) is 23.2 Å². The Kier molecular flexibility index (Phi) is 4.16. The number of hydrogen-bond donors (Lipinski definition) is 0. The van der Waals surface area contributed by atoms with Gasteiger partial charge in [-0.3, -0.25) is 4.79 Å². The molecule has 1 amide bonds. The molecule has 1 heterocycles. The van der Waals surface area contributed by atoms with Crippen molar-refractivity contribution in [3.8, 4) is 0 Å². The van der Waals surface area contributed by atoms with Crippen molar-refractivity contribution in [1.29, 1.82) is 0 Å². The summed E-state index contributed by atoms with van der Waals surface area (Å²) in [5.41, 5.74) is 2.14. The van der Waals surface area contributed by atoms with Crippen molar-refractivity contribution in [3.05, 3.63) is 5.51 Å². The van der Waals surface area contributed by atoms with Gasteiger partial charge in [0.05, 0.1) is 5.25 Å². The number of amides is 1. The number of aromatic nitrogens is 2. The van der Waals surface area contributed by atoms with E-state index in [0.717, 1.165) is 28.6 Å². The van der Waals surface area contributed by atoms with Gasteiger partial charge in [0.2, 0.25) is 5.91 Å². The molecule has 0 spiro atoms. The molecule has 0 saturated heterocycles. The molecule has 4 aliphatic carbocycles. The molecule has 4 saturated carbocycles. The Balaban J connectivity index is 1.39. The van der Waals surface area contributed by atoms with Gasteiger partial charge in [-0.05, 0) is 68.6 Å². The zero-order valence-electron chi connectivity index (χ0n) is 13.9. The predicted molar refractivity (Wildman–Crippen MR) is 93.5 cm³/mol. The van der Waals surface area contributed by atoms with E-state index in [-0.39, 0.29) is 11.2 Å². The molecule has 1 atom stereocenters. The van der Waals surface area contributed by atoms with Crippen LogP contribution in [0.1, 0.15) is 45.4 Å². The molecule has 23 heavy (non-hydrogen) atoms. The third kappa shape index (κ3) is 3.16. The van der Waals surface area contributed by atoms with Gasteiger partial charge in [-0.2, -0.15) is 0 Å². The Morgan fingerprint density at radius 1 is 1.35 bits per heavy atom. The topological polar surface area (TPSA) is 46.1 Å². The third-order valence-electron chi connectivity index (χ3n) is 6.08. The molecular weight excluding hydrogens is 326 g/mol. The number of nitrogens with zero attached hydrogens (tertiary/aromatic N) is 3. The van der Waals surface area contributed by atoms with Crippen molar-refractivity contribution in [2.45, 2.75) is 55.0 Å². The van der Waals surface area contributed by atoms with Crippen molar-refractivity contribution in [3.63, 3.8) is 0 Å². The second-order valence-electron chi connectivity index (χ2n) is 8.08. The summed E-state index contributed by atoms with van der Waals surface area (Å²) in [7, 11) is 2.00. The van der Waals surface area contributed by atoms with Gasteiger partial charge >= 0.3 is 0 Å². The SMILES string of the molecule is C[C@H](Sc1nncs1)C(=O)N(C)CC12CC3CC(CC(C3)C1)C2. The number of carbonyl (C=O) groups is 1. The van der Waals surface area contributed by atoms with Crippen LogP contribution >= 0.6 is 23.1 Å². The molecule has 0 aromatic carbocycles. The highest BCUT2D eigenvalue weighted by molar-refractivity contribution is 8.02. The molecule has 4 bridgehead atoms. The Morgan fingerprint density at radius 3 is 2.48 bits per heavy atom. The normalized spacial score (nSPS) is 36.2. The molecule has 0 aliphatic heterocycles. The van der Waals surface area contributed by atoms with Crippen molar-refractivity contribution in [1.82, 2.24) is 15.1 Å². The Hall–Kier alpha value is -0.620. The van der Waals surface area contributed by atoms with Crippen LogP contribution in [0.2, 0.25) is 0 Å². The van der Waals surface area contributed by atoms with Crippen molar-refractivity contribution in [2.24, 2.45) is 23.2 Å². The highest BCUT2D eigenvalue weighted by atomic mass is 32.2. The summed E-state index contributed by atoms with van der Waals surface area (Å²) in [5.74, 6) is 3.06. The van der Waals surface area contributed by atoms with E-state index in [2.05, 4.69) is 10.2 Å². The molecule has 126 valence electrons. The average Bonchev–Trinajstić information content (AvgIpc) is 2.97. The minimum absolute atomic E-state index is 0.0816. The van der Waals surface area contributed by atoms with Gasteiger partial charge in [-0.15, -0.1) is 10.2 Å². The summed E-state index contributed by atoms with van der Waals surface area (Å²) in [5, 5.41) is 7.81. The van der Waals surface area contributed by atoms with Crippen LogP contribution in [-0.2, 0) is 4.79 Å². The van der Waals surface area contributed by atoms with Gasteiger partial charge in [0, 0.05) is 13.6 Å². The van der Waals surface area contributed by atoms with E-state index in [4.69, 9.17) is 0 Å². The minimum Gasteiger partial charge on any atom is -0.344 e. The largest absolute Gasteiger partial charge is 0.344 e. The lowest BCUT2D eigenvalue weighted by Crippen LogP contribution is -2.52. The van der Waals surface area contributed by atoms with Crippen LogP contribution in [0.3, 0.4) is 0 Å². The maximum atomic E-state index is 12.8. The number of thioether (sulfide) groups is 1. The van der Waals surface area contributed by atoms with E-state index in [1.54, 1.807) is 5.51 Å². The van der Waals surface area contributed by atoms with Crippen LogP contribution in [-0.4, -0.2) is 39.8 Å². The summed E-state index contributed by atoms with van der Waals surface area (Å²) < 4.78 is 0.883. The molecule has 0 N–H and O–H groups in total. The fraction of sp³-hybridized carbons (Fsp3) is 0.824. The first kappa shape index (κ1) is 15.9. The van der Waals surface area contributed by atoms with Crippen LogP contribution in [0.15, 0.2) is 9.85 Å². The Morgan fingerprint density at radius 2 is 1.96 bits per heavy atom. The molecule has 0 radical (unpaired) electrons. The van der Waals surface area contributed by atoms with Crippen molar-refractivity contribution >= 4 is 29.0 Å². The molecule has 6 heteroatoms. The second kappa shape index (κ2) is 6.03. The monoisotopic (exact) mass is 351 g/mol. The fourth-order valence-corrected chi connectivity index (χ4v) is 7.53. The summed E-state index contributed by atoms with van der Waals surface area (Å²) in [6.07, 6.45) is 8.44. The van der Waals surface area contributed by atoms with E-state index in [0.29, 0.717) is 5.41 Å². The van der Waals surface area contributed by atoms with Crippen LogP contribution < -0.4 is 0 Å². The fourth-order valence-electron chi connectivity index (χ4n) is 5.79. The lowest BCUT2D eigenvalue weighted by atomic mass is 9.49. The Bertz CT molecular complexity index is 539. The number of rotatable bonds is 5. The molecule has 5 rings (SSSR count). The molecule has 1 aromatic rings. The van der Waals surface area contributed by atoms with Gasteiger partial charge in [0.25, 0.3) is 0 Å². The van der Waals surface area contributed by atoms with E-state index < -0.39 is 0 Å². The predicted octanol–water partition coefficient (Wildman–Crippen LogP) is 3.69. The lowest BCUT2D eigenvalue weighted by molar-refractivity contribution is -0.134. The number of carbonyl (C=O) groups excluding carboxylic acids is 1. The maximum absolute atomic E-state index is 12.8. The van der Waals surface area contributed by atoms with Gasteiger partial charge in [0.15, 0.2) is 4.34 Å². The van der Waals surface area contributed by atoms with Gasteiger partial charge in [-0.1, -0.05) is 23.1 Å². The highest BCUT2D eigenvalue weighted by Crippen LogP contribution is 2.60. The zero-order valence-corrected chi connectivity index (χ0v) is 15.5. The first-order chi connectivity index (χ1) is 11.0. The van der Waals surface area contributed by atoms with E-state index >= 15 is 0 Å². The van der Waals surface area contributed by atoms with Crippen LogP contribution in [0.25, 0.3) is 0 Å². The maximum Gasteiger partial charge on any atom is 0.235 e. The second-order valence-corrected chi connectivity index (χ2v) is 10.5. The van der Waals surface area contributed by atoms with E-state index in [9.17, 15) is 4.79 Å². The lowest BCUT2D eigenvalue weighted by Gasteiger charge is -2.57. The molecule has 0 unspecified atom stereocenters. The molecule has 4 aliphatic rings. The zero-order chi connectivity index (χ0) is 16.0. The van der Waals surface area contributed by atoms with E-state index in [1.807, 2.05) is 18.9 Å². The van der Waals surface area contributed by atoms with Crippen molar-refractivity contribution < 1.29 is 4.79 Å². The van der Waals surface area contributed by atoms with Crippen LogP contribution in [0.5, 0.6) is 0 Å². The molecule has 4 nitrogen and oxygen atoms in total.